The van der Waals surface area contributed by atoms with E-state index in [4.69, 9.17) is 13.6 Å². The van der Waals surface area contributed by atoms with Gasteiger partial charge in [0.15, 0.2) is 0 Å². The third-order valence-corrected chi connectivity index (χ3v) is 7.24. The van der Waals surface area contributed by atoms with Gasteiger partial charge in [-0.25, -0.2) is 4.57 Å². The first kappa shape index (κ1) is 34.2. The Morgan fingerprint density at radius 2 is 0.656 bits per heavy atom. The minimum Gasteiger partial charge on any atom is -0.344 e. The summed E-state index contributed by atoms with van der Waals surface area (Å²) in [4.78, 5) is 0. The topological polar surface area (TPSA) is 79.8 Å². The van der Waals surface area contributed by atoms with Crippen molar-refractivity contribution in [1.29, 1.82) is 0 Å². The summed E-state index contributed by atoms with van der Waals surface area (Å²) in [6.45, 7) is 7.81. The summed E-state index contributed by atoms with van der Waals surface area (Å²) >= 11 is 0. The SMILES string of the molecule is CCCCCCCCCCCCCCCCCCOP(=O)(OCCCC)OCCCC.N. The smallest absolute Gasteiger partial charge is 0.344 e. The number of rotatable bonds is 26. The highest BCUT2D eigenvalue weighted by Crippen LogP contribution is 2.49. The maximum atomic E-state index is 12.7. The Bertz CT molecular complexity index is 382. The summed E-state index contributed by atoms with van der Waals surface area (Å²) in [6, 6.07) is 0. The zero-order valence-electron chi connectivity index (χ0n) is 22.1. The van der Waals surface area contributed by atoms with Crippen molar-refractivity contribution in [3.63, 3.8) is 0 Å². The molecule has 0 spiro atoms. The summed E-state index contributed by atoms with van der Waals surface area (Å²) in [6.07, 6.45) is 25.2. The molecule has 0 aliphatic rings. The molecular weight excluding hydrogens is 421 g/mol. The number of hydrogen-bond acceptors (Lipinski definition) is 5. The molecule has 0 aliphatic heterocycles. The van der Waals surface area contributed by atoms with Crippen LogP contribution in [0, 0.1) is 0 Å². The third kappa shape index (κ3) is 24.7. The molecule has 6 heteroatoms. The second-order valence-electron chi connectivity index (χ2n) is 8.96. The molecule has 0 aliphatic carbocycles. The lowest BCUT2D eigenvalue weighted by atomic mass is 10.0. The molecule has 0 aromatic heterocycles. The molecule has 5 nitrogen and oxygen atoms in total. The van der Waals surface area contributed by atoms with Gasteiger partial charge < -0.3 is 6.15 Å². The average molecular weight is 480 g/mol. The van der Waals surface area contributed by atoms with Gasteiger partial charge in [0.25, 0.3) is 0 Å². The van der Waals surface area contributed by atoms with Gasteiger partial charge in [0, 0.05) is 0 Å². The quantitative estimate of drug-likeness (QED) is 0.0985. The van der Waals surface area contributed by atoms with E-state index in [9.17, 15) is 4.57 Å². The molecule has 0 amide bonds. The van der Waals surface area contributed by atoms with Crippen molar-refractivity contribution in [1.82, 2.24) is 6.15 Å². The average Bonchev–Trinajstić information content (AvgIpc) is 2.76. The highest BCUT2D eigenvalue weighted by Gasteiger charge is 2.25. The molecule has 0 rings (SSSR count). The molecule has 0 saturated heterocycles. The lowest BCUT2D eigenvalue weighted by Crippen LogP contribution is -2.04. The van der Waals surface area contributed by atoms with Crippen LogP contribution in [-0.4, -0.2) is 19.8 Å². The number of phosphoric acid groups is 1. The monoisotopic (exact) mass is 479 g/mol. The van der Waals surface area contributed by atoms with E-state index in [1.165, 1.54) is 89.9 Å². The van der Waals surface area contributed by atoms with Crippen molar-refractivity contribution in [3.05, 3.63) is 0 Å². The first-order valence-electron chi connectivity index (χ1n) is 13.7. The van der Waals surface area contributed by atoms with Crippen molar-refractivity contribution in [2.75, 3.05) is 19.8 Å². The third-order valence-electron chi connectivity index (χ3n) is 5.74. The second kappa shape index (κ2) is 27.3. The molecule has 32 heavy (non-hydrogen) atoms. The van der Waals surface area contributed by atoms with Crippen molar-refractivity contribution in [2.45, 2.75) is 149 Å². The zero-order valence-corrected chi connectivity index (χ0v) is 22.9. The van der Waals surface area contributed by atoms with Gasteiger partial charge >= 0.3 is 7.82 Å². The van der Waals surface area contributed by atoms with Crippen molar-refractivity contribution < 1.29 is 18.1 Å². The minimum atomic E-state index is -3.37. The number of unbranched alkanes of at least 4 members (excludes halogenated alkanes) is 17. The number of phosphoric ester groups is 1. The summed E-state index contributed by atoms with van der Waals surface area (Å²) in [5, 5.41) is 0. The number of hydrogen-bond donors (Lipinski definition) is 1. The van der Waals surface area contributed by atoms with Gasteiger partial charge in [-0.3, -0.25) is 13.6 Å². The Morgan fingerprint density at radius 3 is 0.969 bits per heavy atom. The summed E-state index contributed by atoms with van der Waals surface area (Å²) in [5.74, 6) is 0. The van der Waals surface area contributed by atoms with Gasteiger partial charge in [-0.15, -0.1) is 0 Å². The molecule has 0 unspecified atom stereocenters. The van der Waals surface area contributed by atoms with E-state index < -0.39 is 7.82 Å². The van der Waals surface area contributed by atoms with E-state index in [1.54, 1.807) is 0 Å². The Hall–Kier alpha value is 0.0700. The standard InChI is InChI=1S/C26H55O4P.H3N/c1-4-7-10-11-12-13-14-15-16-17-18-19-20-21-22-23-26-30-31(27,28-24-8-5-2)29-25-9-6-3;/h4-26H2,1-3H3;1H3. The molecule has 0 aromatic rings. The zero-order chi connectivity index (χ0) is 22.9. The van der Waals surface area contributed by atoms with Crippen LogP contribution in [-0.2, 0) is 18.1 Å². The van der Waals surface area contributed by atoms with E-state index >= 15 is 0 Å². The molecule has 0 atom stereocenters. The Morgan fingerprint density at radius 1 is 0.406 bits per heavy atom. The van der Waals surface area contributed by atoms with Crippen LogP contribution in [0.4, 0.5) is 0 Å². The van der Waals surface area contributed by atoms with Crippen molar-refractivity contribution in [2.24, 2.45) is 0 Å². The molecular formula is C26H58NO4P. The van der Waals surface area contributed by atoms with Crippen LogP contribution < -0.4 is 6.15 Å². The molecule has 0 aromatic carbocycles. The Kier molecular flexibility index (Phi) is 29.2. The highest BCUT2D eigenvalue weighted by molar-refractivity contribution is 7.48. The fourth-order valence-corrected chi connectivity index (χ4v) is 4.86. The van der Waals surface area contributed by atoms with Gasteiger partial charge in [0.05, 0.1) is 19.8 Å². The van der Waals surface area contributed by atoms with Crippen molar-refractivity contribution in [3.8, 4) is 0 Å². The maximum Gasteiger partial charge on any atom is 0.474 e. The minimum absolute atomic E-state index is 0. The van der Waals surface area contributed by atoms with E-state index in [2.05, 4.69) is 20.8 Å². The van der Waals surface area contributed by atoms with Crippen LogP contribution in [0.1, 0.15) is 149 Å². The molecule has 0 heterocycles. The van der Waals surface area contributed by atoms with Gasteiger partial charge in [-0.05, 0) is 19.3 Å². The van der Waals surface area contributed by atoms with Crippen LogP contribution in [0.3, 0.4) is 0 Å². The Labute approximate surface area is 201 Å². The molecule has 0 saturated carbocycles. The van der Waals surface area contributed by atoms with E-state index in [0.29, 0.717) is 19.8 Å². The van der Waals surface area contributed by atoms with E-state index in [-0.39, 0.29) is 6.15 Å². The van der Waals surface area contributed by atoms with E-state index in [1.807, 2.05) is 0 Å². The second-order valence-corrected chi connectivity index (χ2v) is 10.6. The van der Waals surface area contributed by atoms with Gasteiger partial charge in [0.2, 0.25) is 0 Å². The summed E-state index contributed by atoms with van der Waals surface area (Å²) < 4.78 is 29.1. The lowest BCUT2D eigenvalue weighted by Gasteiger charge is -2.18. The molecule has 0 fully saturated rings. The molecule has 3 N–H and O–H groups in total. The predicted octanol–water partition coefficient (Wildman–Crippen LogP) is 10.2. The van der Waals surface area contributed by atoms with Gasteiger partial charge in [-0.1, -0.05) is 130 Å². The van der Waals surface area contributed by atoms with Crippen LogP contribution in [0.25, 0.3) is 0 Å². The van der Waals surface area contributed by atoms with Crippen molar-refractivity contribution >= 4 is 7.82 Å². The molecule has 196 valence electrons. The molecule has 0 bridgehead atoms. The van der Waals surface area contributed by atoms with Gasteiger partial charge in [-0.2, -0.15) is 0 Å². The lowest BCUT2D eigenvalue weighted by molar-refractivity contribution is 0.109. The first-order chi connectivity index (χ1) is 15.2. The summed E-state index contributed by atoms with van der Waals surface area (Å²) in [5.41, 5.74) is 0. The predicted molar refractivity (Wildman–Crippen MR) is 140 cm³/mol. The van der Waals surface area contributed by atoms with Crippen LogP contribution in [0.2, 0.25) is 0 Å². The largest absolute Gasteiger partial charge is 0.474 e. The fourth-order valence-electron chi connectivity index (χ4n) is 3.58. The fraction of sp³-hybridized carbons (Fsp3) is 1.00. The Balaban J connectivity index is 0. The normalized spacial score (nSPS) is 11.6. The first-order valence-corrected chi connectivity index (χ1v) is 15.2. The highest BCUT2D eigenvalue weighted by atomic mass is 31.2. The maximum absolute atomic E-state index is 12.7. The molecule has 0 radical (unpaired) electrons. The summed E-state index contributed by atoms with van der Waals surface area (Å²) in [7, 11) is -3.37. The van der Waals surface area contributed by atoms with Crippen LogP contribution >= 0.6 is 7.82 Å². The van der Waals surface area contributed by atoms with Crippen LogP contribution in [0.5, 0.6) is 0 Å². The van der Waals surface area contributed by atoms with Gasteiger partial charge in [0.1, 0.15) is 0 Å². The van der Waals surface area contributed by atoms with E-state index in [0.717, 1.165) is 38.5 Å². The van der Waals surface area contributed by atoms with Crippen LogP contribution in [0.15, 0.2) is 0 Å².